The lowest BCUT2D eigenvalue weighted by Crippen LogP contribution is -2.35. The smallest absolute Gasteiger partial charge is 0.231 e. The van der Waals surface area contributed by atoms with Gasteiger partial charge >= 0.3 is 0 Å². The average Bonchev–Trinajstić information content (AvgIpc) is 3.50. The van der Waals surface area contributed by atoms with Crippen LogP contribution in [0.2, 0.25) is 0 Å². The van der Waals surface area contributed by atoms with Gasteiger partial charge in [0.2, 0.25) is 6.79 Å². The van der Waals surface area contributed by atoms with Crippen molar-refractivity contribution in [3.05, 3.63) is 120 Å². The number of rotatable bonds is 4. The van der Waals surface area contributed by atoms with Gasteiger partial charge in [0, 0.05) is 16.8 Å². The first kappa shape index (κ1) is 19.4. The Morgan fingerprint density at radius 2 is 1.42 bits per heavy atom. The maximum Gasteiger partial charge on any atom is 0.231 e. The van der Waals surface area contributed by atoms with Gasteiger partial charge in [0.05, 0.1) is 5.69 Å². The first-order valence-electron chi connectivity index (χ1n) is 11.0. The zero-order valence-corrected chi connectivity index (χ0v) is 18.3. The van der Waals surface area contributed by atoms with E-state index in [1.165, 1.54) is 5.56 Å². The zero-order chi connectivity index (χ0) is 22.2. The Hall–Kier alpha value is -4.25. The van der Waals surface area contributed by atoms with Crippen molar-refractivity contribution < 1.29 is 9.47 Å². The number of hydrogen-bond donors (Lipinski definition) is 0. The molecular weight excluding hydrogens is 410 g/mol. The van der Waals surface area contributed by atoms with Crippen LogP contribution in [0.4, 0.5) is 11.4 Å². The number of nitrogens with zero attached hydrogens (tertiary/aromatic N) is 3. The predicted molar refractivity (Wildman–Crippen MR) is 131 cm³/mol. The van der Waals surface area contributed by atoms with E-state index in [1.807, 2.05) is 42.5 Å². The zero-order valence-electron chi connectivity index (χ0n) is 18.3. The Bertz CT molecular complexity index is 1300. The van der Waals surface area contributed by atoms with Gasteiger partial charge in [0.15, 0.2) is 23.5 Å². The highest BCUT2D eigenvalue weighted by Crippen LogP contribution is 2.43. The number of aryl methyl sites for hydroxylation is 1. The number of para-hydroxylation sites is 1. The molecule has 6 rings (SSSR count). The fourth-order valence-electron chi connectivity index (χ4n) is 4.33. The third-order valence-corrected chi connectivity index (χ3v) is 5.97. The molecular formula is C28H23N3O2. The van der Waals surface area contributed by atoms with Crippen LogP contribution in [-0.4, -0.2) is 12.6 Å². The molecule has 0 amide bonds. The van der Waals surface area contributed by atoms with Crippen molar-refractivity contribution in [2.45, 2.75) is 13.1 Å². The first-order valence-corrected chi connectivity index (χ1v) is 11.0. The molecule has 33 heavy (non-hydrogen) atoms. The molecule has 2 aliphatic rings. The van der Waals surface area contributed by atoms with E-state index < -0.39 is 0 Å². The summed E-state index contributed by atoms with van der Waals surface area (Å²) < 4.78 is 11.3. The van der Waals surface area contributed by atoms with Gasteiger partial charge in [-0.25, -0.2) is 5.01 Å². The molecule has 1 unspecified atom stereocenters. The van der Waals surface area contributed by atoms with E-state index in [-0.39, 0.29) is 13.0 Å². The van der Waals surface area contributed by atoms with Gasteiger partial charge in [-0.15, -0.1) is 0 Å². The summed E-state index contributed by atoms with van der Waals surface area (Å²) in [5.41, 5.74) is 5.43. The molecule has 0 radical (unpaired) electrons. The minimum Gasteiger partial charge on any atom is -0.454 e. The highest BCUT2D eigenvalue weighted by Gasteiger charge is 2.38. The lowest BCUT2D eigenvalue weighted by Gasteiger charge is -2.32. The number of anilines is 2. The Labute approximate surface area is 193 Å². The molecule has 4 aromatic carbocycles. The van der Waals surface area contributed by atoms with Crippen molar-refractivity contribution >= 4 is 17.2 Å². The lowest BCUT2D eigenvalue weighted by molar-refractivity contribution is 0.174. The van der Waals surface area contributed by atoms with Crippen molar-refractivity contribution in [3.63, 3.8) is 0 Å². The average molecular weight is 434 g/mol. The maximum absolute atomic E-state index is 5.71. The first-order chi connectivity index (χ1) is 16.3. The van der Waals surface area contributed by atoms with E-state index in [9.17, 15) is 0 Å². The van der Waals surface area contributed by atoms with Crippen molar-refractivity contribution in [2.24, 2.45) is 5.10 Å². The molecule has 0 aromatic heterocycles. The topological polar surface area (TPSA) is 37.3 Å². The molecule has 5 heteroatoms. The molecule has 2 aliphatic heterocycles. The SMILES string of the molecule is Cc1ccc(N2C(c3ccccc3)=NN(c3ccccc3)C2c2ccc3c(c2)OCO3)cc1. The molecule has 0 fully saturated rings. The normalized spacial score (nSPS) is 16.8. The maximum atomic E-state index is 5.71. The summed E-state index contributed by atoms with van der Waals surface area (Å²) in [6.07, 6.45) is -0.195. The molecule has 1 atom stereocenters. The summed E-state index contributed by atoms with van der Waals surface area (Å²) in [6.45, 7) is 2.35. The number of hydrogen-bond acceptors (Lipinski definition) is 5. The molecule has 0 N–H and O–H groups in total. The van der Waals surface area contributed by atoms with Gasteiger partial charge in [-0.3, -0.25) is 4.90 Å². The number of benzene rings is 4. The Morgan fingerprint density at radius 1 is 0.727 bits per heavy atom. The Morgan fingerprint density at radius 3 is 2.18 bits per heavy atom. The third kappa shape index (κ3) is 3.48. The number of fused-ring (bicyclic) bond motifs is 1. The predicted octanol–water partition coefficient (Wildman–Crippen LogP) is 6.11. The van der Waals surface area contributed by atoms with E-state index in [1.54, 1.807) is 0 Å². The molecule has 0 spiro atoms. The van der Waals surface area contributed by atoms with Crippen LogP contribution < -0.4 is 19.4 Å². The van der Waals surface area contributed by atoms with E-state index >= 15 is 0 Å². The second-order valence-corrected chi connectivity index (χ2v) is 8.16. The van der Waals surface area contributed by atoms with Crippen LogP contribution in [0, 0.1) is 6.92 Å². The minimum atomic E-state index is -0.195. The van der Waals surface area contributed by atoms with Gasteiger partial charge in [-0.05, 0) is 43.3 Å². The molecule has 4 aromatic rings. The highest BCUT2D eigenvalue weighted by molar-refractivity contribution is 6.12. The van der Waals surface area contributed by atoms with Crippen LogP contribution in [0.1, 0.15) is 22.9 Å². The molecule has 5 nitrogen and oxygen atoms in total. The Kier molecular flexibility index (Phi) is 4.73. The van der Waals surface area contributed by atoms with Crippen molar-refractivity contribution in [1.29, 1.82) is 0 Å². The van der Waals surface area contributed by atoms with Gasteiger partial charge in [0.25, 0.3) is 0 Å². The van der Waals surface area contributed by atoms with Crippen LogP contribution in [0.3, 0.4) is 0 Å². The van der Waals surface area contributed by atoms with Gasteiger partial charge in [-0.2, -0.15) is 5.10 Å². The molecule has 0 aliphatic carbocycles. The summed E-state index contributed by atoms with van der Waals surface area (Å²) in [6, 6.07) is 35.3. The summed E-state index contributed by atoms with van der Waals surface area (Å²) in [5, 5.41) is 7.25. The van der Waals surface area contributed by atoms with E-state index in [2.05, 4.69) is 77.5 Å². The van der Waals surface area contributed by atoms with Gasteiger partial charge < -0.3 is 9.47 Å². The Balaban J connectivity index is 1.56. The largest absolute Gasteiger partial charge is 0.454 e. The van der Waals surface area contributed by atoms with Crippen LogP contribution in [0.25, 0.3) is 0 Å². The molecule has 162 valence electrons. The number of hydrazone groups is 1. The van der Waals surface area contributed by atoms with Crippen LogP contribution in [0.15, 0.2) is 108 Å². The van der Waals surface area contributed by atoms with Crippen molar-refractivity contribution in [3.8, 4) is 11.5 Å². The van der Waals surface area contributed by atoms with E-state index in [0.29, 0.717) is 0 Å². The fraction of sp³-hybridized carbons (Fsp3) is 0.107. The van der Waals surface area contributed by atoms with E-state index in [4.69, 9.17) is 14.6 Å². The summed E-state index contributed by atoms with van der Waals surface area (Å²) in [7, 11) is 0. The lowest BCUT2D eigenvalue weighted by atomic mass is 10.1. The molecule has 0 saturated heterocycles. The monoisotopic (exact) mass is 433 g/mol. The van der Waals surface area contributed by atoms with E-state index in [0.717, 1.165) is 39.8 Å². The van der Waals surface area contributed by atoms with Crippen LogP contribution >= 0.6 is 0 Å². The van der Waals surface area contributed by atoms with Gasteiger partial charge in [-0.1, -0.05) is 72.3 Å². The molecule has 0 saturated carbocycles. The quantitative estimate of drug-likeness (QED) is 0.389. The minimum absolute atomic E-state index is 0.195. The number of ether oxygens (including phenoxy) is 2. The fourth-order valence-corrected chi connectivity index (χ4v) is 4.33. The third-order valence-electron chi connectivity index (χ3n) is 5.97. The van der Waals surface area contributed by atoms with Crippen LogP contribution in [0.5, 0.6) is 11.5 Å². The second kappa shape index (κ2) is 8.02. The van der Waals surface area contributed by atoms with Crippen molar-refractivity contribution in [1.82, 2.24) is 0 Å². The molecule has 2 heterocycles. The number of amidine groups is 1. The highest BCUT2D eigenvalue weighted by atomic mass is 16.7. The van der Waals surface area contributed by atoms with Gasteiger partial charge in [0.1, 0.15) is 0 Å². The molecule has 0 bridgehead atoms. The van der Waals surface area contributed by atoms with Crippen LogP contribution in [-0.2, 0) is 0 Å². The summed E-state index contributed by atoms with van der Waals surface area (Å²) >= 11 is 0. The second-order valence-electron chi connectivity index (χ2n) is 8.16. The van der Waals surface area contributed by atoms with Crippen molar-refractivity contribution in [2.75, 3.05) is 16.7 Å². The summed E-state index contributed by atoms with van der Waals surface area (Å²) in [5.74, 6) is 2.43. The standard InChI is InChI=1S/C28H23N3O2/c1-20-12-15-23(16-13-20)30-27(21-8-4-2-5-9-21)29-31(24-10-6-3-7-11-24)28(30)22-14-17-25-26(18-22)33-19-32-25/h2-18,28H,19H2,1H3. The summed E-state index contributed by atoms with van der Waals surface area (Å²) in [4.78, 5) is 2.29.